The minimum absolute atomic E-state index is 0.800. The molecule has 0 bridgehead atoms. The van der Waals surface area contributed by atoms with Gasteiger partial charge >= 0.3 is 0 Å². The topological polar surface area (TPSA) is 31.4 Å². The summed E-state index contributed by atoms with van der Waals surface area (Å²) in [5, 5.41) is 3.65. The van der Waals surface area contributed by atoms with Crippen LogP contribution in [0.4, 0.5) is 5.82 Å². The molecular weight excluding hydrogens is 272 g/mol. The normalized spacial score (nSPS) is 23.0. The molecule has 1 aromatic rings. The lowest BCUT2D eigenvalue weighted by molar-refractivity contribution is 0.311. The fraction of sp³-hybridized carbons (Fsp3) is 0.611. The van der Waals surface area contributed by atoms with E-state index in [2.05, 4.69) is 51.4 Å². The Morgan fingerprint density at radius 3 is 2.86 bits per heavy atom. The number of anilines is 1. The van der Waals surface area contributed by atoms with Gasteiger partial charge in [-0.05, 0) is 44.8 Å². The summed E-state index contributed by atoms with van der Waals surface area (Å²) in [6, 6.07) is 4.27. The zero-order chi connectivity index (χ0) is 15.2. The van der Waals surface area contributed by atoms with Gasteiger partial charge in [0.25, 0.3) is 0 Å². The van der Waals surface area contributed by atoms with Crippen molar-refractivity contribution in [1.82, 2.24) is 15.2 Å². The van der Waals surface area contributed by atoms with Crippen molar-refractivity contribution in [2.75, 3.05) is 44.7 Å². The first-order chi connectivity index (χ1) is 10.8. The summed E-state index contributed by atoms with van der Waals surface area (Å²) in [4.78, 5) is 9.46. The molecule has 22 heavy (non-hydrogen) atoms. The minimum atomic E-state index is 0.800. The molecule has 0 saturated carbocycles. The molecule has 0 radical (unpaired) electrons. The molecule has 3 rings (SSSR count). The second-order valence-corrected chi connectivity index (χ2v) is 6.56. The first-order valence-electron chi connectivity index (χ1n) is 8.56. The largest absolute Gasteiger partial charge is 0.354 e. The Balaban J connectivity index is 1.55. The van der Waals surface area contributed by atoms with E-state index in [1.54, 1.807) is 0 Å². The van der Waals surface area contributed by atoms with Crippen LogP contribution in [0.15, 0.2) is 30.5 Å². The van der Waals surface area contributed by atoms with Crippen LogP contribution < -0.4 is 10.2 Å². The maximum absolute atomic E-state index is 4.65. The Bertz CT molecular complexity index is 492. The van der Waals surface area contributed by atoms with Gasteiger partial charge in [0, 0.05) is 44.5 Å². The molecule has 4 heteroatoms. The van der Waals surface area contributed by atoms with Gasteiger partial charge in [-0.3, -0.25) is 0 Å². The Hall–Kier alpha value is -1.39. The number of pyridine rings is 1. The highest BCUT2D eigenvalue weighted by atomic mass is 15.3. The van der Waals surface area contributed by atoms with Gasteiger partial charge in [0.1, 0.15) is 5.82 Å². The van der Waals surface area contributed by atoms with E-state index in [1.807, 2.05) is 6.20 Å². The van der Waals surface area contributed by atoms with E-state index in [4.69, 9.17) is 0 Å². The van der Waals surface area contributed by atoms with Gasteiger partial charge in [-0.15, -0.1) is 0 Å². The molecule has 0 amide bonds. The van der Waals surface area contributed by atoms with Crippen molar-refractivity contribution in [2.45, 2.75) is 25.8 Å². The summed E-state index contributed by atoms with van der Waals surface area (Å²) in [6.45, 7) is 6.44. The number of allylic oxidation sites excluding steroid dienone is 2. The van der Waals surface area contributed by atoms with E-state index in [0.29, 0.717) is 0 Å². The number of hydrogen-bond acceptors (Lipinski definition) is 4. The summed E-state index contributed by atoms with van der Waals surface area (Å²) in [5.74, 6) is 1.97. The van der Waals surface area contributed by atoms with Gasteiger partial charge in [0.15, 0.2) is 0 Å². The van der Waals surface area contributed by atoms with Gasteiger partial charge in [0.05, 0.1) is 0 Å². The highest BCUT2D eigenvalue weighted by molar-refractivity contribution is 5.47. The molecule has 4 nitrogen and oxygen atoms in total. The van der Waals surface area contributed by atoms with Crippen LogP contribution in [-0.2, 0) is 6.54 Å². The third-order valence-corrected chi connectivity index (χ3v) is 4.80. The average Bonchev–Trinajstić information content (AvgIpc) is 2.57. The van der Waals surface area contributed by atoms with Crippen molar-refractivity contribution in [3.05, 3.63) is 36.0 Å². The highest BCUT2D eigenvalue weighted by Gasteiger charge is 2.18. The summed E-state index contributed by atoms with van der Waals surface area (Å²) >= 11 is 0. The molecule has 0 spiro atoms. The molecule has 120 valence electrons. The van der Waals surface area contributed by atoms with Gasteiger partial charge < -0.3 is 15.1 Å². The molecule has 1 aliphatic heterocycles. The zero-order valence-electron chi connectivity index (χ0n) is 13.7. The van der Waals surface area contributed by atoms with Crippen LogP contribution in [0, 0.1) is 5.92 Å². The standard InChI is InChI=1S/C18H28N4/c1-21-10-12-22(13-11-21)18-17(8-5-9-20-18)15-19-14-16-6-3-2-4-7-16/h2-3,5,8-9,16,19H,4,6-7,10-15H2,1H3/t16-/m0/s1. The molecule has 1 fully saturated rings. The van der Waals surface area contributed by atoms with Crippen molar-refractivity contribution in [2.24, 2.45) is 5.92 Å². The third-order valence-electron chi connectivity index (χ3n) is 4.80. The quantitative estimate of drug-likeness (QED) is 0.845. The number of aromatic nitrogens is 1. The monoisotopic (exact) mass is 300 g/mol. The van der Waals surface area contributed by atoms with E-state index < -0.39 is 0 Å². The van der Waals surface area contributed by atoms with Crippen molar-refractivity contribution in [3.63, 3.8) is 0 Å². The molecule has 2 aliphatic rings. The fourth-order valence-corrected chi connectivity index (χ4v) is 3.32. The van der Waals surface area contributed by atoms with E-state index >= 15 is 0 Å². The molecule has 1 saturated heterocycles. The van der Waals surface area contributed by atoms with Gasteiger partial charge in [-0.2, -0.15) is 0 Å². The summed E-state index contributed by atoms with van der Waals surface area (Å²) in [5.41, 5.74) is 1.33. The Morgan fingerprint density at radius 1 is 1.23 bits per heavy atom. The molecular formula is C18H28N4. The van der Waals surface area contributed by atoms with Crippen LogP contribution in [0.5, 0.6) is 0 Å². The molecule has 2 heterocycles. The number of piperazine rings is 1. The zero-order valence-corrected chi connectivity index (χ0v) is 13.7. The first-order valence-corrected chi connectivity index (χ1v) is 8.56. The molecule has 1 aliphatic carbocycles. The second-order valence-electron chi connectivity index (χ2n) is 6.56. The fourth-order valence-electron chi connectivity index (χ4n) is 3.32. The number of nitrogens with one attached hydrogen (secondary N) is 1. The van der Waals surface area contributed by atoms with Gasteiger partial charge in [-0.1, -0.05) is 18.2 Å². The highest BCUT2D eigenvalue weighted by Crippen LogP contribution is 2.20. The lowest BCUT2D eigenvalue weighted by atomic mass is 9.94. The SMILES string of the molecule is CN1CCN(c2ncccc2CNC[C@H]2CC=CCC2)CC1. The number of likely N-dealkylation sites (N-methyl/N-ethyl adjacent to an activating group) is 1. The minimum Gasteiger partial charge on any atom is -0.354 e. The predicted molar refractivity (Wildman–Crippen MR) is 92.1 cm³/mol. The third kappa shape index (κ3) is 4.08. The van der Waals surface area contributed by atoms with Crippen LogP contribution in [0.3, 0.4) is 0 Å². The molecule has 0 aromatic carbocycles. The lowest BCUT2D eigenvalue weighted by Gasteiger charge is -2.34. The molecule has 1 N–H and O–H groups in total. The average molecular weight is 300 g/mol. The first kappa shape index (κ1) is 15.5. The van der Waals surface area contributed by atoms with Crippen molar-refractivity contribution < 1.29 is 0 Å². The van der Waals surface area contributed by atoms with Crippen LogP contribution >= 0.6 is 0 Å². The van der Waals surface area contributed by atoms with Gasteiger partial charge in [-0.25, -0.2) is 4.98 Å². The van der Waals surface area contributed by atoms with E-state index in [9.17, 15) is 0 Å². The molecule has 1 aromatic heterocycles. The maximum atomic E-state index is 4.65. The van der Waals surface area contributed by atoms with E-state index in [-0.39, 0.29) is 0 Å². The molecule has 0 unspecified atom stereocenters. The summed E-state index contributed by atoms with van der Waals surface area (Å²) < 4.78 is 0. The molecule has 1 atom stereocenters. The Labute approximate surface area is 134 Å². The number of hydrogen-bond donors (Lipinski definition) is 1. The maximum Gasteiger partial charge on any atom is 0.133 e. The smallest absolute Gasteiger partial charge is 0.133 e. The van der Waals surface area contributed by atoms with Crippen molar-refractivity contribution >= 4 is 5.82 Å². The Kier molecular flexibility index (Phi) is 5.46. The second kappa shape index (κ2) is 7.75. The number of rotatable bonds is 5. The van der Waals surface area contributed by atoms with Crippen LogP contribution in [0.25, 0.3) is 0 Å². The Morgan fingerprint density at radius 2 is 2.09 bits per heavy atom. The predicted octanol–water partition coefficient (Wildman–Crippen LogP) is 2.28. The van der Waals surface area contributed by atoms with Crippen LogP contribution in [0.1, 0.15) is 24.8 Å². The van der Waals surface area contributed by atoms with E-state index in [0.717, 1.165) is 45.2 Å². The van der Waals surface area contributed by atoms with Gasteiger partial charge in [0.2, 0.25) is 0 Å². The van der Waals surface area contributed by atoms with Crippen molar-refractivity contribution in [3.8, 4) is 0 Å². The summed E-state index contributed by atoms with van der Waals surface area (Å²) in [7, 11) is 2.19. The van der Waals surface area contributed by atoms with Crippen LogP contribution in [0.2, 0.25) is 0 Å². The van der Waals surface area contributed by atoms with E-state index in [1.165, 1.54) is 30.6 Å². The lowest BCUT2D eigenvalue weighted by Crippen LogP contribution is -2.45. The number of nitrogens with zero attached hydrogens (tertiary/aromatic N) is 3. The summed E-state index contributed by atoms with van der Waals surface area (Å²) in [6.07, 6.45) is 10.3. The van der Waals surface area contributed by atoms with Crippen molar-refractivity contribution in [1.29, 1.82) is 0 Å². The van der Waals surface area contributed by atoms with Crippen LogP contribution in [-0.4, -0.2) is 49.7 Å².